The minimum absolute atomic E-state index is 0.0319. The van der Waals surface area contributed by atoms with Crippen LogP contribution in [0.1, 0.15) is 31.9 Å². The third-order valence-corrected chi connectivity index (χ3v) is 5.31. The van der Waals surface area contributed by atoms with Crippen molar-refractivity contribution in [2.75, 3.05) is 6.26 Å². The van der Waals surface area contributed by atoms with Crippen molar-refractivity contribution < 1.29 is 22.3 Å². The monoisotopic (exact) mass is 443 g/mol. The summed E-state index contributed by atoms with van der Waals surface area (Å²) >= 11 is 0. The van der Waals surface area contributed by atoms with E-state index < -0.39 is 33.4 Å². The van der Waals surface area contributed by atoms with Crippen molar-refractivity contribution in [2.45, 2.75) is 43.7 Å². The number of ether oxygens (including phenoxy) is 1. The number of hydrogen-bond acceptors (Lipinski definition) is 6. The first-order chi connectivity index (χ1) is 14.3. The van der Waals surface area contributed by atoms with Gasteiger partial charge in [0.25, 0.3) is 0 Å². The first-order valence-electron chi connectivity index (χ1n) is 9.26. The lowest BCUT2D eigenvalue weighted by Gasteiger charge is -2.21. The maximum absolute atomic E-state index is 14.7. The van der Waals surface area contributed by atoms with Crippen LogP contribution >= 0.6 is 0 Å². The van der Waals surface area contributed by atoms with E-state index in [-0.39, 0.29) is 22.4 Å². The van der Waals surface area contributed by atoms with Crippen LogP contribution < -0.4 is 5.32 Å². The molecule has 1 amide bonds. The zero-order chi connectivity index (χ0) is 23.4. The first kappa shape index (κ1) is 23.8. The Labute approximate surface area is 181 Å². The molecule has 1 atom stereocenters. The Morgan fingerprint density at radius 2 is 1.77 bits per heavy atom. The molecule has 0 aliphatic rings. The Hall–Kier alpha value is -3.43. The molecule has 0 fully saturated rings. The molecule has 2 aromatic carbocycles. The largest absolute Gasteiger partial charge is 0.444 e. The molecule has 0 aliphatic carbocycles. The van der Waals surface area contributed by atoms with Gasteiger partial charge in [0.15, 0.2) is 9.84 Å². The molecule has 0 spiro atoms. The summed E-state index contributed by atoms with van der Waals surface area (Å²) in [5, 5.41) is 20.9. The second-order valence-electron chi connectivity index (χ2n) is 7.93. The van der Waals surface area contributed by atoms with Crippen LogP contribution in [-0.2, 0) is 21.0 Å². The van der Waals surface area contributed by atoms with Gasteiger partial charge in [-0.2, -0.15) is 10.5 Å². The zero-order valence-electron chi connectivity index (χ0n) is 17.6. The quantitative estimate of drug-likeness (QED) is 0.752. The number of amides is 1. The molecule has 0 saturated heterocycles. The van der Waals surface area contributed by atoms with Crippen LogP contribution in [0.3, 0.4) is 0 Å². The van der Waals surface area contributed by atoms with Crippen molar-refractivity contribution in [3.63, 3.8) is 0 Å². The van der Waals surface area contributed by atoms with Crippen molar-refractivity contribution in [3.05, 3.63) is 53.3 Å². The van der Waals surface area contributed by atoms with Gasteiger partial charge in [0.05, 0.1) is 16.5 Å². The molecule has 0 heterocycles. The van der Waals surface area contributed by atoms with E-state index in [1.54, 1.807) is 26.8 Å². The SMILES string of the molecule is CC(C)(C)OC(=O)NC(C#N)Cc1ccc(-c2ccc(S(C)(=O)=O)c(C#N)c2)cc1F. The molecule has 0 saturated carbocycles. The maximum Gasteiger partial charge on any atom is 0.408 e. The lowest BCUT2D eigenvalue weighted by Crippen LogP contribution is -2.39. The van der Waals surface area contributed by atoms with Gasteiger partial charge in [-0.1, -0.05) is 18.2 Å². The summed E-state index contributed by atoms with van der Waals surface area (Å²) in [5.74, 6) is -0.602. The van der Waals surface area contributed by atoms with E-state index in [0.717, 1.165) is 6.26 Å². The van der Waals surface area contributed by atoms with Gasteiger partial charge in [0.1, 0.15) is 23.5 Å². The van der Waals surface area contributed by atoms with Crippen LogP contribution in [0.5, 0.6) is 0 Å². The summed E-state index contributed by atoms with van der Waals surface area (Å²) in [6.07, 6.45) is 0.165. The smallest absolute Gasteiger partial charge is 0.408 e. The highest BCUT2D eigenvalue weighted by Gasteiger charge is 2.21. The Balaban J connectivity index is 2.25. The van der Waals surface area contributed by atoms with Crippen molar-refractivity contribution in [3.8, 4) is 23.3 Å². The van der Waals surface area contributed by atoms with E-state index in [2.05, 4.69) is 5.32 Å². The normalized spacial score (nSPS) is 12.4. The van der Waals surface area contributed by atoms with Gasteiger partial charge in [-0.15, -0.1) is 0 Å². The number of alkyl carbamates (subject to hydrolysis) is 1. The molecular formula is C22H22FN3O4S. The number of nitrogens with one attached hydrogen (secondary N) is 1. The van der Waals surface area contributed by atoms with Gasteiger partial charge in [-0.25, -0.2) is 17.6 Å². The van der Waals surface area contributed by atoms with Gasteiger partial charge in [0, 0.05) is 12.7 Å². The fourth-order valence-corrected chi connectivity index (χ4v) is 3.63. The number of sulfone groups is 1. The molecule has 1 unspecified atom stereocenters. The Morgan fingerprint density at radius 1 is 1.16 bits per heavy atom. The fourth-order valence-electron chi connectivity index (χ4n) is 2.81. The summed E-state index contributed by atoms with van der Waals surface area (Å²) in [6.45, 7) is 5.06. The number of benzene rings is 2. The highest BCUT2D eigenvalue weighted by molar-refractivity contribution is 7.90. The van der Waals surface area contributed by atoms with Crippen LogP contribution in [-0.4, -0.2) is 32.4 Å². The predicted molar refractivity (Wildman–Crippen MR) is 112 cm³/mol. The molecule has 1 N–H and O–H groups in total. The molecule has 7 nitrogen and oxygen atoms in total. The van der Waals surface area contributed by atoms with Crippen LogP contribution in [0.4, 0.5) is 9.18 Å². The standard InChI is InChI=1S/C22H22FN3O4S/c1-22(2,3)30-21(27)26-18(13-25)10-16-6-5-15(11-19(16)23)14-7-8-20(31(4,28)29)17(9-14)12-24/h5-9,11,18H,10H2,1-4H3,(H,26,27). The molecule has 31 heavy (non-hydrogen) atoms. The van der Waals surface area contributed by atoms with E-state index in [9.17, 15) is 28.1 Å². The Morgan fingerprint density at radius 3 is 2.29 bits per heavy atom. The molecule has 0 bridgehead atoms. The third-order valence-electron chi connectivity index (χ3n) is 4.16. The highest BCUT2D eigenvalue weighted by Crippen LogP contribution is 2.26. The number of nitriles is 2. The van der Waals surface area contributed by atoms with Crippen LogP contribution in [0.2, 0.25) is 0 Å². The van der Waals surface area contributed by atoms with Crippen molar-refractivity contribution in [2.24, 2.45) is 0 Å². The zero-order valence-corrected chi connectivity index (χ0v) is 18.4. The van der Waals surface area contributed by atoms with Gasteiger partial charge in [0.2, 0.25) is 0 Å². The molecule has 2 aromatic rings. The first-order valence-corrected chi connectivity index (χ1v) is 11.2. The average Bonchev–Trinajstić information content (AvgIpc) is 2.66. The van der Waals surface area contributed by atoms with E-state index in [1.165, 1.54) is 30.3 Å². The fraction of sp³-hybridized carbons (Fsp3) is 0.318. The van der Waals surface area contributed by atoms with Gasteiger partial charge in [-0.3, -0.25) is 0 Å². The van der Waals surface area contributed by atoms with Crippen molar-refractivity contribution in [1.29, 1.82) is 10.5 Å². The molecule has 162 valence electrons. The summed E-state index contributed by atoms with van der Waals surface area (Å²) < 4.78 is 43.3. The van der Waals surface area contributed by atoms with E-state index in [0.29, 0.717) is 11.1 Å². The summed E-state index contributed by atoms with van der Waals surface area (Å²) in [4.78, 5) is 11.8. The summed E-state index contributed by atoms with van der Waals surface area (Å²) in [7, 11) is -3.57. The number of rotatable bonds is 5. The van der Waals surface area contributed by atoms with Gasteiger partial charge < -0.3 is 10.1 Å². The summed E-state index contributed by atoms with van der Waals surface area (Å²) in [5.41, 5.74) is 0.353. The minimum Gasteiger partial charge on any atom is -0.444 e. The lowest BCUT2D eigenvalue weighted by molar-refractivity contribution is 0.0515. The number of carbonyl (C=O) groups excluding carboxylic acids is 1. The molecular weight excluding hydrogens is 421 g/mol. The molecule has 0 radical (unpaired) electrons. The number of nitrogens with zero attached hydrogens (tertiary/aromatic N) is 2. The lowest BCUT2D eigenvalue weighted by atomic mass is 9.99. The van der Waals surface area contributed by atoms with Crippen LogP contribution in [0.15, 0.2) is 41.3 Å². The topological polar surface area (TPSA) is 120 Å². The van der Waals surface area contributed by atoms with Crippen LogP contribution in [0, 0.1) is 28.5 Å². The van der Waals surface area contributed by atoms with E-state index in [4.69, 9.17) is 4.74 Å². The molecule has 2 rings (SSSR count). The van der Waals surface area contributed by atoms with E-state index >= 15 is 0 Å². The maximum atomic E-state index is 14.7. The molecule has 0 aromatic heterocycles. The van der Waals surface area contributed by atoms with Gasteiger partial charge in [-0.05, 0) is 55.7 Å². The molecule has 0 aliphatic heterocycles. The average molecular weight is 444 g/mol. The second-order valence-corrected chi connectivity index (χ2v) is 9.92. The van der Waals surface area contributed by atoms with Gasteiger partial charge >= 0.3 is 6.09 Å². The number of halogens is 1. The van der Waals surface area contributed by atoms with Crippen molar-refractivity contribution in [1.82, 2.24) is 5.32 Å². The Kier molecular flexibility index (Phi) is 7.04. The summed E-state index contributed by atoms with van der Waals surface area (Å²) in [6, 6.07) is 11.2. The number of carbonyl (C=O) groups is 1. The van der Waals surface area contributed by atoms with Crippen molar-refractivity contribution >= 4 is 15.9 Å². The number of hydrogen-bond donors (Lipinski definition) is 1. The van der Waals surface area contributed by atoms with E-state index in [1.807, 2.05) is 12.1 Å². The minimum atomic E-state index is -3.57. The highest BCUT2D eigenvalue weighted by atomic mass is 32.2. The third kappa shape index (κ3) is 6.53. The second kappa shape index (κ2) is 9.15. The van der Waals surface area contributed by atoms with Crippen LogP contribution in [0.25, 0.3) is 11.1 Å². The Bertz CT molecular complexity index is 1190. The predicted octanol–water partition coefficient (Wildman–Crippen LogP) is 3.73. The molecule has 9 heteroatoms.